The van der Waals surface area contributed by atoms with Gasteiger partial charge >= 0.3 is 0 Å². The number of amides is 1. The summed E-state index contributed by atoms with van der Waals surface area (Å²) in [6.45, 7) is 9.95. The first kappa shape index (κ1) is 20.7. The first-order valence-electron chi connectivity index (χ1n) is 11.2. The van der Waals surface area contributed by atoms with E-state index in [0.717, 1.165) is 56.6 Å². The van der Waals surface area contributed by atoms with Gasteiger partial charge in [-0.05, 0) is 67.6 Å². The minimum absolute atomic E-state index is 0.0363. The fraction of sp³-hybridized carbons (Fsp3) is 0.480. The molecule has 2 heterocycles. The number of carbonyl (C=O) groups is 1. The third-order valence-electron chi connectivity index (χ3n) is 6.27. The van der Waals surface area contributed by atoms with Crippen molar-refractivity contribution < 1.29 is 9.53 Å². The maximum absolute atomic E-state index is 12.7. The van der Waals surface area contributed by atoms with Crippen molar-refractivity contribution in [2.24, 2.45) is 5.92 Å². The second-order valence-corrected chi connectivity index (χ2v) is 8.63. The van der Waals surface area contributed by atoms with Gasteiger partial charge in [-0.1, -0.05) is 19.1 Å². The molecule has 2 fully saturated rings. The van der Waals surface area contributed by atoms with Gasteiger partial charge < -0.3 is 19.9 Å². The molecule has 30 heavy (non-hydrogen) atoms. The minimum Gasteiger partial charge on any atom is -0.378 e. The van der Waals surface area contributed by atoms with Crippen LogP contribution in [0.3, 0.4) is 0 Å². The quantitative estimate of drug-likeness (QED) is 0.805. The third kappa shape index (κ3) is 4.96. The molecule has 0 spiro atoms. The van der Waals surface area contributed by atoms with Crippen molar-refractivity contribution >= 4 is 17.3 Å². The summed E-state index contributed by atoms with van der Waals surface area (Å²) >= 11 is 0. The first-order chi connectivity index (χ1) is 14.6. The number of anilines is 2. The van der Waals surface area contributed by atoms with Gasteiger partial charge in [0.05, 0.1) is 19.3 Å². The van der Waals surface area contributed by atoms with Crippen LogP contribution in [0.15, 0.2) is 48.5 Å². The number of piperidine rings is 1. The second-order valence-electron chi connectivity index (χ2n) is 8.63. The van der Waals surface area contributed by atoms with Crippen molar-refractivity contribution in [3.05, 3.63) is 59.7 Å². The number of rotatable bonds is 5. The summed E-state index contributed by atoms with van der Waals surface area (Å²) in [7, 11) is 0. The van der Waals surface area contributed by atoms with Crippen LogP contribution >= 0.6 is 0 Å². The number of ether oxygens (including phenoxy) is 1. The van der Waals surface area contributed by atoms with E-state index in [4.69, 9.17) is 4.74 Å². The molecule has 0 unspecified atom stereocenters. The van der Waals surface area contributed by atoms with Gasteiger partial charge in [0.25, 0.3) is 5.91 Å². The van der Waals surface area contributed by atoms with Crippen LogP contribution < -0.4 is 15.1 Å². The van der Waals surface area contributed by atoms with E-state index in [9.17, 15) is 4.79 Å². The molecule has 2 atom stereocenters. The third-order valence-corrected chi connectivity index (χ3v) is 6.27. The summed E-state index contributed by atoms with van der Waals surface area (Å²) < 4.78 is 5.41. The van der Waals surface area contributed by atoms with Crippen molar-refractivity contribution in [3.63, 3.8) is 0 Å². The van der Waals surface area contributed by atoms with Gasteiger partial charge in [-0.15, -0.1) is 0 Å². The maximum atomic E-state index is 12.7. The van der Waals surface area contributed by atoms with E-state index in [0.29, 0.717) is 5.56 Å². The monoisotopic (exact) mass is 407 g/mol. The fourth-order valence-electron chi connectivity index (χ4n) is 4.41. The van der Waals surface area contributed by atoms with Gasteiger partial charge in [-0.25, -0.2) is 0 Å². The van der Waals surface area contributed by atoms with Crippen molar-refractivity contribution in [2.45, 2.75) is 32.7 Å². The molecular weight excluding hydrogens is 374 g/mol. The molecule has 0 bridgehead atoms. The first-order valence-corrected chi connectivity index (χ1v) is 11.2. The zero-order valence-corrected chi connectivity index (χ0v) is 18.1. The number of hydrogen-bond acceptors (Lipinski definition) is 4. The Hall–Kier alpha value is -2.53. The predicted molar refractivity (Wildman–Crippen MR) is 122 cm³/mol. The van der Waals surface area contributed by atoms with Crippen LogP contribution in [-0.4, -0.2) is 45.3 Å². The molecule has 160 valence electrons. The van der Waals surface area contributed by atoms with E-state index in [2.05, 4.69) is 46.3 Å². The Morgan fingerprint density at radius 1 is 0.967 bits per heavy atom. The summed E-state index contributed by atoms with van der Waals surface area (Å²) in [5.41, 5.74) is 4.24. The van der Waals surface area contributed by atoms with Gasteiger partial charge in [-0.2, -0.15) is 0 Å². The normalized spacial score (nSPS) is 20.7. The molecule has 1 amide bonds. The average molecular weight is 408 g/mol. The highest BCUT2D eigenvalue weighted by atomic mass is 16.5. The fourth-order valence-corrected chi connectivity index (χ4v) is 4.41. The molecular formula is C25H33N3O2. The molecule has 0 saturated carbocycles. The van der Waals surface area contributed by atoms with Crippen LogP contribution in [0.4, 0.5) is 11.4 Å². The van der Waals surface area contributed by atoms with Gasteiger partial charge in [0.1, 0.15) is 0 Å². The largest absolute Gasteiger partial charge is 0.378 e. The van der Waals surface area contributed by atoms with Crippen LogP contribution in [0.1, 0.15) is 48.7 Å². The van der Waals surface area contributed by atoms with Crippen LogP contribution in [-0.2, 0) is 4.74 Å². The van der Waals surface area contributed by atoms with E-state index >= 15 is 0 Å². The van der Waals surface area contributed by atoms with E-state index < -0.39 is 0 Å². The molecule has 2 saturated heterocycles. The number of nitrogens with one attached hydrogen (secondary N) is 1. The summed E-state index contributed by atoms with van der Waals surface area (Å²) in [4.78, 5) is 17.5. The Morgan fingerprint density at radius 3 is 2.27 bits per heavy atom. The smallest absolute Gasteiger partial charge is 0.251 e. The topological polar surface area (TPSA) is 44.8 Å². The lowest BCUT2D eigenvalue weighted by Gasteiger charge is -2.33. The molecule has 0 aliphatic carbocycles. The van der Waals surface area contributed by atoms with Crippen molar-refractivity contribution in [1.82, 2.24) is 5.32 Å². The van der Waals surface area contributed by atoms with E-state index in [1.807, 2.05) is 31.2 Å². The Bertz CT molecular complexity index is 828. The highest BCUT2D eigenvalue weighted by molar-refractivity contribution is 5.94. The lowest BCUT2D eigenvalue weighted by atomic mass is 9.99. The molecule has 2 aromatic carbocycles. The molecule has 5 heteroatoms. The SMILES string of the molecule is C[C@H]1CCCN(c2ccc([C@H](C)NC(=O)c3ccc(N4CCOCC4)cc3)cc2)C1. The Balaban J connectivity index is 1.34. The number of morpholine rings is 1. The maximum Gasteiger partial charge on any atom is 0.251 e. The van der Waals surface area contributed by atoms with E-state index in [1.165, 1.54) is 18.5 Å². The molecule has 2 aliphatic rings. The highest BCUT2D eigenvalue weighted by Gasteiger charge is 2.18. The second kappa shape index (κ2) is 9.52. The van der Waals surface area contributed by atoms with Crippen LogP contribution in [0.5, 0.6) is 0 Å². The van der Waals surface area contributed by atoms with Crippen molar-refractivity contribution in [2.75, 3.05) is 49.2 Å². The summed E-state index contributed by atoms with van der Waals surface area (Å²) in [6, 6.07) is 16.5. The highest BCUT2D eigenvalue weighted by Crippen LogP contribution is 2.25. The number of hydrogen-bond donors (Lipinski definition) is 1. The van der Waals surface area contributed by atoms with E-state index in [1.54, 1.807) is 0 Å². The number of carbonyl (C=O) groups excluding carboxylic acids is 1. The Labute approximate surface area is 180 Å². The molecule has 4 rings (SSSR count). The zero-order chi connectivity index (χ0) is 20.9. The molecule has 1 N–H and O–H groups in total. The zero-order valence-electron chi connectivity index (χ0n) is 18.1. The summed E-state index contributed by atoms with van der Waals surface area (Å²) in [5.74, 6) is 0.719. The van der Waals surface area contributed by atoms with Gasteiger partial charge in [0.15, 0.2) is 0 Å². The van der Waals surface area contributed by atoms with Crippen LogP contribution in [0, 0.1) is 5.92 Å². The Kier molecular flexibility index (Phi) is 6.58. The Morgan fingerprint density at radius 2 is 1.60 bits per heavy atom. The molecule has 5 nitrogen and oxygen atoms in total. The molecule has 2 aliphatic heterocycles. The minimum atomic E-state index is -0.0371. The predicted octanol–water partition coefficient (Wildman–Crippen LogP) is 4.25. The molecule has 0 radical (unpaired) electrons. The van der Waals surface area contributed by atoms with E-state index in [-0.39, 0.29) is 11.9 Å². The van der Waals surface area contributed by atoms with Crippen LogP contribution in [0.2, 0.25) is 0 Å². The van der Waals surface area contributed by atoms with Gasteiger partial charge in [0, 0.05) is 43.1 Å². The van der Waals surface area contributed by atoms with Crippen molar-refractivity contribution in [1.29, 1.82) is 0 Å². The summed E-state index contributed by atoms with van der Waals surface area (Å²) in [6.07, 6.45) is 2.59. The lowest BCUT2D eigenvalue weighted by Crippen LogP contribution is -2.36. The number of benzene rings is 2. The standard InChI is InChI=1S/C25H33N3O2/c1-19-4-3-13-28(18-19)24-9-5-21(6-10-24)20(2)26-25(29)22-7-11-23(12-8-22)27-14-16-30-17-15-27/h5-12,19-20H,3-4,13-18H2,1-2H3,(H,26,29)/t19-,20-/m0/s1. The lowest BCUT2D eigenvalue weighted by molar-refractivity contribution is 0.0940. The summed E-state index contributed by atoms with van der Waals surface area (Å²) in [5, 5.41) is 3.13. The number of nitrogens with zero attached hydrogens (tertiary/aromatic N) is 2. The molecule has 2 aromatic rings. The van der Waals surface area contributed by atoms with Crippen molar-refractivity contribution in [3.8, 4) is 0 Å². The average Bonchev–Trinajstić information content (AvgIpc) is 2.80. The van der Waals surface area contributed by atoms with Crippen LogP contribution in [0.25, 0.3) is 0 Å². The molecule has 0 aromatic heterocycles. The van der Waals surface area contributed by atoms with Gasteiger partial charge in [0.2, 0.25) is 0 Å². The van der Waals surface area contributed by atoms with Gasteiger partial charge in [-0.3, -0.25) is 4.79 Å².